The summed E-state index contributed by atoms with van der Waals surface area (Å²) in [6, 6.07) is 6.46. The smallest absolute Gasteiger partial charge is 0.225 e. The number of rotatable bonds is 5. The fraction of sp³-hybridized carbons (Fsp3) is 0.636. The molecule has 152 valence electrons. The highest BCUT2D eigenvalue weighted by molar-refractivity contribution is 7.22. The molecule has 2 fully saturated rings. The second kappa shape index (κ2) is 9.12. The van der Waals surface area contributed by atoms with Crippen LogP contribution in [0.5, 0.6) is 5.75 Å². The number of anilines is 1. The van der Waals surface area contributed by atoms with E-state index in [1.165, 1.54) is 25.7 Å². The number of piperidine rings is 1. The molecule has 2 aromatic rings. The van der Waals surface area contributed by atoms with E-state index in [-0.39, 0.29) is 11.8 Å². The number of hydrogen-bond acceptors (Lipinski definition) is 5. The molecule has 5 nitrogen and oxygen atoms in total. The van der Waals surface area contributed by atoms with E-state index in [1.54, 1.807) is 11.3 Å². The third kappa shape index (κ3) is 4.59. The van der Waals surface area contributed by atoms with Gasteiger partial charge in [-0.3, -0.25) is 4.79 Å². The summed E-state index contributed by atoms with van der Waals surface area (Å²) in [5.74, 6) is 1.21. The van der Waals surface area contributed by atoms with Crippen LogP contribution in [0.3, 0.4) is 0 Å². The molecule has 0 unspecified atom stereocenters. The standard InChI is InChI=1S/C22H31N3O2S/c1-2-27-18-11-12-19-20(14-18)28-22(24-19)25-13-7-8-16(15-25)21(26)23-17-9-5-3-4-6-10-17/h11-12,14,16-17H,2-10,13,15H2,1H3,(H,23,26)/t16-/m1/s1. The number of carbonyl (C=O) groups is 1. The fourth-order valence-electron chi connectivity index (χ4n) is 4.39. The van der Waals surface area contributed by atoms with Gasteiger partial charge in [-0.2, -0.15) is 0 Å². The van der Waals surface area contributed by atoms with E-state index in [9.17, 15) is 4.79 Å². The van der Waals surface area contributed by atoms with Gasteiger partial charge in [-0.05, 0) is 50.8 Å². The maximum atomic E-state index is 12.9. The van der Waals surface area contributed by atoms with E-state index in [0.717, 1.165) is 59.9 Å². The first kappa shape index (κ1) is 19.5. The van der Waals surface area contributed by atoms with Gasteiger partial charge in [-0.1, -0.05) is 37.0 Å². The molecule has 1 aromatic heterocycles. The Kier molecular flexibility index (Phi) is 6.35. The number of amides is 1. The minimum Gasteiger partial charge on any atom is -0.494 e. The molecule has 2 aliphatic rings. The van der Waals surface area contributed by atoms with Crippen LogP contribution in [0.15, 0.2) is 18.2 Å². The Balaban J connectivity index is 1.41. The molecule has 1 saturated carbocycles. The van der Waals surface area contributed by atoms with Gasteiger partial charge in [-0.15, -0.1) is 0 Å². The van der Waals surface area contributed by atoms with Crippen LogP contribution in [0.1, 0.15) is 58.3 Å². The largest absolute Gasteiger partial charge is 0.494 e. The van der Waals surface area contributed by atoms with Crippen molar-refractivity contribution < 1.29 is 9.53 Å². The maximum Gasteiger partial charge on any atom is 0.225 e. The van der Waals surface area contributed by atoms with Crippen LogP contribution in [-0.2, 0) is 4.79 Å². The first-order chi connectivity index (χ1) is 13.7. The predicted octanol–water partition coefficient (Wildman–Crippen LogP) is 4.75. The number of carbonyl (C=O) groups excluding carboxylic acids is 1. The molecule has 1 aliphatic heterocycles. The van der Waals surface area contributed by atoms with Gasteiger partial charge in [0.05, 0.1) is 22.7 Å². The molecule has 28 heavy (non-hydrogen) atoms. The lowest BCUT2D eigenvalue weighted by Gasteiger charge is -2.32. The van der Waals surface area contributed by atoms with Crippen LogP contribution in [-0.4, -0.2) is 36.6 Å². The third-order valence-corrected chi connectivity index (χ3v) is 7.00. The topological polar surface area (TPSA) is 54.5 Å². The lowest BCUT2D eigenvalue weighted by atomic mass is 9.96. The molecule has 1 N–H and O–H groups in total. The lowest BCUT2D eigenvalue weighted by molar-refractivity contribution is -0.126. The Morgan fingerprint density at radius 1 is 1.21 bits per heavy atom. The Labute approximate surface area is 171 Å². The van der Waals surface area contributed by atoms with Gasteiger partial charge in [-0.25, -0.2) is 4.98 Å². The highest BCUT2D eigenvalue weighted by Gasteiger charge is 2.29. The van der Waals surface area contributed by atoms with Crippen molar-refractivity contribution in [2.45, 2.75) is 64.3 Å². The van der Waals surface area contributed by atoms with Crippen molar-refractivity contribution in [1.82, 2.24) is 10.3 Å². The fourth-order valence-corrected chi connectivity index (χ4v) is 5.42. The van der Waals surface area contributed by atoms with E-state index < -0.39 is 0 Å². The number of nitrogens with one attached hydrogen (secondary N) is 1. The minimum atomic E-state index is 0.0722. The predicted molar refractivity (Wildman–Crippen MR) is 115 cm³/mol. The van der Waals surface area contributed by atoms with Gasteiger partial charge in [0.25, 0.3) is 0 Å². The van der Waals surface area contributed by atoms with Crippen LogP contribution in [0.2, 0.25) is 0 Å². The number of ether oxygens (including phenoxy) is 1. The molecule has 1 saturated heterocycles. The molecule has 1 atom stereocenters. The number of nitrogens with zero attached hydrogens (tertiary/aromatic N) is 2. The Morgan fingerprint density at radius 2 is 2.04 bits per heavy atom. The zero-order valence-corrected chi connectivity index (χ0v) is 17.6. The van der Waals surface area contributed by atoms with Crippen molar-refractivity contribution in [1.29, 1.82) is 0 Å². The quantitative estimate of drug-likeness (QED) is 0.735. The van der Waals surface area contributed by atoms with Crippen molar-refractivity contribution in [3.63, 3.8) is 0 Å². The van der Waals surface area contributed by atoms with Crippen molar-refractivity contribution >= 4 is 32.6 Å². The molecule has 1 aliphatic carbocycles. The van der Waals surface area contributed by atoms with Gasteiger partial charge < -0.3 is 15.0 Å². The molecule has 0 radical (unpaired) electrons. The van der Waals surface area contributed by atoms with Crippen molar-refractivity contribution in [3.8, 4) is 5.75 Å². The Morgan fingerprint density at radius 3 is 2.82 bits per heavy atom. The highest BCUT2D eigenvalue weighted by atomic mass is 32.1. The van der Waals surface area contributed by atoms with E-state index in [4.69, 9.17) is 9.72 Å². The molecule has 1 amide bonds. The van der Waals surface area contributed by atoms with Gasteiger partial charge in [0.15, 0.2) is 5.13 Å². The van der Waals surface area contributed by atoms with E-state index in [2.05, 4.69) is 16.3 Å². The number of aromatic nitrogens is 1. The summed E-state index contributed by atoms with van der Waals surface area (Å²) >= 11 is 1.70. The van der Waals surface area contributed by atoms with Crippen LogP contribution < -0.4 is 15.0 Å². The molecule has 0 spiro atoms. The lowest BCUT2D eigenvalue weighted by Crippen LogP contribution is -2.46. The summed E-state index contributed by atoms with van der Waals surface area (Å²) in [5, 5.41) is 4.37. The summed E-state index contributed by atoms with van der Waals surface area (Å²) in [6.45, 7) is 4.42. The zero-order chi connectivity index (χ0) is 19.3. The van der Waals surface area contributed by atoms with Crippen LogP contribution in [0, 0.1) is 5.92 Å². The van der Waals surface area contributed by atoms with Crippen LogP contribution >= 0.6 is 11.3 Å². The molecule has 0 bridgehead atoms. The van der Waals surface area contributed by atoms with Gasteiger partial charge in [0, 0.05) is 19.1 Å². The Hall–Kier alpha value is -1.82. The van der Waals surface area contributed by atoms with Gasteiger partial charge >= 0.3 is 0 Å². The summed E-state index contributed by atoms with van der Waals surface area (Å²) in [5.41, 5.74) is 1.01. The van der Waals surface area contributed by atoms with Gasteiger partial charge in [0.2, 0.25) is 5.91 Å². The van der Waals surface area contributed by atoms with Crippen LogP contribution in [0.25, 0.3) is 10.2 Å². The molecular weight excluding hydrogens is 370 g/mol. The normalized spacial score (nSPS) is 21.5. The molecule has 4 rings (SSSR count). The van der Waals surface area contributed by atoms with Crippen molar-refractivity contribution in [3.05, 3.63) is 18.2 Å². The zero-order valence-electron chi connectivity index (χ0n) is 16.8. The van der Waals surface area contributed by atoms with Crippen LogP contribution in [0.4, 0.5) is 5.13 Å². The molecule has 2 heterocycles. The third-order valence-electron chi connectivity index (χ3n) is 5.92. The second-order valence-corrected chi connectivity index (χ2v) is 9.05. The summed E-state index contributed by atoms with van der Waals surface area (Å²) in [7, 11) is 0. The maximum absolute atomic E-state index is 12.9. The molecular formula is C22H31N3O2S. The van der Waals surface area contributed by atoms with Crippen molar-refractivity contribution in [2.75, 3.05) is 24.6 Å². The van der Waals surface area contributed by atoms with E-state index in [0.29, 0.717) is 12.6 Å². The number of thiazole rings is 1. The van der Waals surface area contributed by atoms with E-state index in [1.807, 2.05) is 19.1 Å². The minimum absolute atomic E-state index is 0.0722. The van der Waals surface area contributed by atoms with E-state index >= 15 is 0 Å². The number of hydrogen-bond donors (Lipinski definition) is 1. The average Bonchev–Trinajstić information content (AvgIpc) is 2.97. The molecule has 6 heteroatoms. The second-order valence-electron chi connectivity index (χ2n) is 8.04. The first-order valence-corrected chi connectivity index (χ1v) is 11.6. The van der Waals surface area contributed by atoms with Gasteiger partial charge in [0.1, 0.15) is 5.75 Å². The molecule has 1 aromatic carbocycles. The average molecular weight is 402 g/mol. The number of benzene rings is 1. The summed E-state index contributed by atoms with van der Waals surface area (Å²) in [4.78, 5) is 20.0. The Bertz CT molecular complexity index is 798. The number of fused-ring (bicyclic) bond motifs is 1. The first-order valence-electron chi connectivity index (χ1n) is 10.8. The van der Waals surface area contributed by atoms with Crippen molar-refractivity contribution in [2.24, 2.45) is 5.92 Å². The summed E-state index contributed by atoms with van der Waals surface area (Å²) < 4.78 is 6.76. The SMILES string of the molecule is CCOc1ccc2nc(N3CCC[C@@H](C(=O)NC4CCCCCC4)C3)sc2c1. The monoisotopic (exact) mass is 401 g/mol. The summed E-state index contributed by atoms with van der Waals surface area (Å²) in [6.07, 6.45) is 9.43. The highest BCUT2D eigenvalue weighted by Crippen LogP contribution is 2.33.